The van der Waals surface area contributed by atoms with Crippen molar-refractivity contribution in [1.82, 2.24) is 14.9 Å². The lowest BCUT2D eigenvalue weighted by Gasteiger charge is -2.17. The molecule has 0 saturated heterocycles. The lowest BCUT2D eigenvalue weighted by Crippen LogP contribution is -2.24. The largest absolute Gasteiger partial charge is 0.311 e. The number of hydrogen-bond donors (Lipinski definition) is 1. The number of hydrogen-bond acceptors (Lipinski definition) is 2. The molecule has 3 nitrogen and oxygen atoms in total. The highest BCUT2D eigenvalue weighted by Crippen LogP contribution is 2.26. The van der Waals surface area contributed by atoms with Crippen LogP contribution >= 0.6 is 0 Å². The van der Waals surface area contributed by atoms with Crippen molar-refractivity contribution in [2.75, 3.05) is 6.54 Å². The monoisotopic (exact) mass is 273 g/mol. The first-order valence-corrected chi connectivity index (χ1v) is 7.15. The van der Waals surface area contributed by atoms with Gasteiger partial charge in [0, 0.05) is 36.8 Å². The Balaban J connectivity index is 2.20. The van der Waals surface area contributed by atoms with Crippen LogP contribution in [0.5, 0.6) is 0 Å². The van der Waals surface area contributed by atoms with Crippen LogP contribution in [0, 0.1) is 12.7 Å². The molecule has 0 fully saturated rings. The fourth-order valence-electron chi connectivity index (χ4n) is 2.77. The molecule has 0 unspecified atom stereocenters. The standard InChI is InChI=1S/C16H20FN3/c1-10(2)16-19-14-9-18-7-6-15(14)20(16)12-4-5-13(17)11(3)8-12/h4-5,8,10,18H,6-7,9H2,1-3H3. The van der Waals surface area contributed by atoms with E-state index in [1.165, 1.54) is 5.69 Å². The fourth-order valence-corrected chi connectivity index (χ4v) is 2.77. The van der Waals surface area contributed by atoms with Gasteiger partial charge >= 0.3 is 0 Å². The Morgan fingerprint density at radius 3 is 2.85 bits per heavy atom. The lowest BCUT2D eigenvalue weighted by atomic mass is 10.1. The quantitative estimate of drug-likeness (QED) is 0.911. The number of benzene rings is 1. The molecule has 0 saturated carbocycles. The van der Waals surface area contributed by atoms with Gasteiger partial charge in [-0.15, -0.1) is 0 Å². The van der Waals surface area contributed by atoms with E-state index in [2.05, 4.69) is 23.7 Å². The second-order valence-electron chi connectivity index (χ2n) is 5.71. The number of rotatable bonds is 2. The summed E-state index contributed by atoms with van der Waals surface area (Å²) in [5, 5.41) is 3.36. The Morgan fingerprint density at radius 2 is 2.15 bits per heavy atom. The zero-order chi connectivity index (χ0) is 14.3. The highest BCUT2D eigenvalue weighted by Gasteiger charge is 2.22. The molecule has 0 amide bonds. The van der Waals surface area contributed by atoms with E-state index in [4.69, 9.17) is 4.98 Å². The van der Waals surface area contributed by atoms with Crippen LogP contribution in [0.4, 0.5) is 4.39 Å². The highest BCUT2D eigenvalue weighted by molar-refractivity contribution is 5.42. The topological polar surface area (TPSA) is 29.9 Å². The van der Waals surface area contributed by atoms with Crippen LogP contribution in [0.25, 0.3) is 5.69 Å². The summed E-state index contributed by atoms with van der Waals surface area (Å²) in [5.41, 5.74) is 4.08. The highest BCUT2D eigenvalue weighted by atomic mass is 19.1. The van der Waals surface area contributed by atoms with Gasteiger partial charge in [-0.3, -0.25) is 0 Å². The summed E-state index contributed by atoms with van der Waals surface area (Å²) < 4.78 is 15.7. The van der Waals surface area contributed by atoms with Crippen LogP contribution in [-0.4, -0.2) is 16.1 Å². The number of aromatic nitrogens is 2. The van der Waals surface area contributed by atoms with Crippen molar-refractivity contribution >= 4 is 0 Å². The van der Waals surface area contributed by atoms with Gasteiger partial charge in [-0.1, -0.05) is 13.8 Å². The molecule has 0 spiro atoms. The summed E-state index contributed by atoms with van der Waals surface area (Å²) >= 11 is 0. The fraction of sp³-hybridized carbons (Fsp3) is 0.438. The minimum absolute atomic E-state index is 0.157. The molecule has 1 N–H and O–H groups in total. The van der Waals surface area contributed by atoms with Crippen LogP contribution < -0.4 is 5.32 Å². The molecule has 1 aliphatic heterocycles. The average Bonchev–Trinajstić information content (AvgIpc) is 2.81. The molecular formula is C16H20FN3. The predicted molar refractivity (Wildman–Crippen MR) is 77.8 cm³/mol. The maximum atomic E-state index is 13.5. The summed E-state index contributed by atoms with van der Waals surface area (Å²) in [5.74, 6) is 1.24. The van der Waals surface area contributed by atoms with Crippen molar-refractivity contribution in [3.8, 4) is 5.69 Å². The van der Waals surface area contributed by atoms with Crippen molar-refractivity contribution in [3.63, 3.8) is 0 Å². The second kappa shape index (κ2) is 5.02. The Morgan fingerprint density at radius 1 is 1.35 bits per heavy atom. The van der Waals surface area contributed by atoms with E-state index >= 15 is 0 Å². The third-order valence-corrected chi connectivity index (χ3v) is 3.83. The third kappa shape index (κ3) is 2.14. The molecule has 1 aromatic carbocycles. The van der Waals surface area contributed by atoms with Crippen LogP contribution in [0.1, 0.15) is 42.5 Å². The average molecular weight is 273 g/mol. The van der Waals surface area contributed by atoms with Gasteiger partial charge in [0.25, 0.3) is 0 Å². The summed E-state index contributed by atoms with van der Waals surface area (Å²) in [6, 6.07) is 5.30. The van der Waals surface area contributed by atoms with Crippen LogP contribution in [0.15, 0.2) is 18.2 Å². The number of fused-ring (bicyclic) bond motifs is 1. The first kappa shape index (κ1) is 13.3. The molecule has 1 aliphatic rings. The van der Waals surface area contributed by atoms with Gasteiger partial charge in [-0.05, 0) is 30.7 Å². The van der Waals surface area contributed by atoms with Gasteiger partial charge in [0.05, 0.1) is 5.69 Å². The van der Waals surface area contributed by atoms with E-state index in [0.29, 0.717) is 11.5 Å². The van der Waals surface area contributed by atoms with E-state index in [1.54, 1.807) is 13.0 Å². The van der Waals surface area contributed by atoms with Crippen LogP contribution in [-0.2, 0) is 13.0 Å². The molecule has 4 heteroatoms. The molecule has 2 aromatic rings. The summed E-state index contributed by atoms with van der Waals surface area (Å²) in [6.45, 7) is 7.89. The summed E-state index contributed by atoms with van der Waals surface area (Å²) in [7, 11) is 0. The van der Waals surface area contributed by atoms with Gasteiger partial charge in [0.2, 0.25) is 0 Å². The zero-order valence-electron chi connectivity index (χ0n) is 12.2. The number of nitrogens with zero attached hydrogens (tertiary/aromatic N) is 2. The van der Waals surface area contributed by atoms with Gasteiger partial charge in [0.15, 0.2) is 0 Å². The minimum atomic E-state index is -0.157. The molecule has 2 heterocycles. The number of halogens is 1. The first-order valence-electron chi connectivity index (χ1n) is 7.15. The van der Waals surface area contributed by atoms with Crippen molar-refractivity contribution in [3.05, 3.63) is 46.8 Å². The molecule has 0 radical (unpaired) electrons. The van der Waals surface area contributed by atoms with Crippen molar-refractivity contribution in [2.24, 2.45) is 0 Å². The molecule has 0 aliphatic carbocycles. The van der Waals surface area contributed by atoms with Gasteiger partial charge in [-0.2, -0.15) is 0 Å². The maximum absolute atomic E-state index is 13.5. The first-order chi connectivity index (χ1) is 9.58. The summed E-state index contributed by atoms with van der Waals surface area (Å²) in [4.78, 5) is 4.79. The predicted octanol–water partition coefficient (Wildman–Crippen LogP) is 3.09. The van der Waals surface area contributed by atoms with Crippen molar-refractivity contribution in [1.29, 1.82) is 0 Å². The Hall–Kier alpha value is -1.68. The van der Waals surface area contributed by atoms with Crippen LogP contribution in [0.3, 0.4) is 0 Å². The molecule has 20 heavy (non-hydrogen) atoms. The number of imidazole rings is 1. The van der Waals surface area contributed by atoms with Crippen molar-refractivity contribution in [2.45, 2.75) is 39.7 Å². The van der Waals surface area contributed by atoms with E-state index in [1.807, 2.05) is 12.1 Å². The molecular weight excluding hydrogens is 253 g/mol. The molecule has 106 valence electrons. The SMILES string of the molecule is Cc1cc(-n2c(C(C)C)nc3c2CCNC3)ccc1F. The molecule has 3 rings (SSSR count). The van der Waals surface area contributed by atoms with E-state index in [9.17, 15) is 4.39 Å². The second-order valence-corrected chi connectivity index (χ2v) is 5.71. The molecule has 1 aromatic heterocycles. The van der Waals surface area contributed by atoms with Gasteiger partial charge in [0.1, 0.15) is 11.6 Å². The maximum Gasteiger partial charge on any atom is 0.126 e. The molecule has 0 atom stereocenters. The lowest BCUT2D eigenvalue weighted by molar-refractivity contribution is 0.613. The van der Waals surface area contributed by atoms with Gasteiger partial charge < -0.3 is 9.88 Å². The minimum Gasteiger partial charge on any atom is -0.311 e. The Labute approximate surface area is 118 Å². The van der Waals surface area contributed by atoms with E-state index in [-0.39, 0.29) is 5.82 Å². The number of nitrogens with one attached hydrogen (secondary N) is 1. The Bertz CT molecular complexity index is 643. The summed E-state index contributed by atoms with van der Waals surface area (Å²) in [6.07, 6.45) is 0.964. The smallest absolute Gasteiger partial charge is 0.126 e. The van der Waals surface area contributed by atoms with Gasteiger partial charge in [-0.25, -0.2) is 9.37 Å². The normalized spacial score (nSPS) is 14.7. The Kier molecular flexibility index (Phi) is 3.34. The zero-order valence-corrected chi connectivity index (χ0v) is 12.2. The van der Waals surface area contributed by atoms with E-state index < -0.39 is 0 Å². The molecule has 0 bridgehead atoms. The number of aryl methyl sites for hydroxylation is 1. The van der Waals surface area contributed by atoms with E-state index in [0.717, 1.165) is 36.7 Å². The third-order valence-electron chi connectivity index (χ3n) is 3.83. The van der Waals surface area contributed by atoms with Crippen LogP contribution in [0.2, 0.25) is 0 Å². The van der Waals surface area contributed by atoms with Crippen molar-refractivity contribution < 1.29 is 4.39 Å².